The smallest absolute Gasteiger partial charge is 0.226 e. The summed E-state index contributed by atoms with van der Waals surface area (Å²) >= 11 is 0. The Labute approximate surface area is 138 Å². The number of piperidine rings is 1. The van der Waals surface area contributed by atoms with Gasteiger partial charge in [-0.15, -0.1) is 0 Å². The summed E-state index contributed by atoms with van der Waals surface area (Å²) in [5.41, 5.74) is 7.99. The molecule has 23 heavy (non-hydrogen) atoms. The van der Waals surface area contributed by atoms with Crippen molar-refractivity contribution in [3.05, 3.63) is 29.8 Å². The quantitative estimate of drug-likeness (QED) is 0.647. The standard InChI is InChI=1S/C18H26N4O/c19-18(20-12-14-4-3-5-14)21-13-15-7-9-16(10-8-15)22-11-2-1-6-17(22)23/h7-10,14H,1-6,11-13H2,(H3,19,20,21). The number of hydrogen-bond donors (Lipinski definition) is 2. The zero-order valence-corrected chi connectivity index (χ0v) is 13.6. The third-order valence-electron chi connectivity index (χ3n) is 4.80. The van der Waals surface area contributed by atoms with Crippen molar-refractivity contribution in [2.45, 2.75) is 45.1 Å². The number of nitrogens with one attached hydrogen (secondary N) is 1. The number of carbonyl (C=O) groups excluding carboxylic acids is 1. The van der Waals surface area contributed by atoms with E-state index in [1.165, 1.54) is 19.3 Å². The Morgan fingerprint density at radius 3 is 2.65 bits per heavy atom. The molecule has 0 radical (unpaired) electrons. The molecule has 1 saturated heterocycles. The lowest BCUT2D eigenvalue weighted by atomic mass is 9.85. The van der Waals surface area contributed by atoms with E-state index in [4.69, 9.17) is 5.73 Å². The second-order valence-electron chi connectivity index (χ2n) is 6.55. The van der Waals surface area contributed by atoms with E-state index in [0.717, 1.165) is 43.1 Å². The van der Waals surface area contributed by atoms with Gasteiger partial charge in [0, 0.05) is 25.2 Å². The highest BCUT2D eigenvalue weighted by atomic mass is 16.2. The molecule has 0 atom stereocenters. The Kier molecular flexibility index (Phi) is 5.16. The van der Waals surface area contributed by atoms with E-state index in [0.29, 0.717) is 18.9 Å². The van der Waals surface area contributed by atoms with Gasteiger partial charge in [-0.2, -0.15) is 0 Å². The van der Waals surface area contributed by atoms with Crippen LogP contribution in [0.4, 0.5) is 5.69 Å². The number of hydrogen-bond acceptors (Lipinski definition) is 2. The number of anilines is 1. The summed E-state index contributed by atoms with van der Waals surface area (Å²) in [4.78, 5) is 18.2. The second kappa shape index (κ2) is 7.49. The number of nitrogens with two attached hydrogens (primary N) is 1. The van der Waals surface area contributed by atoms with Crippen molar-refractivity contribution in [1.29, 1.82) is 0 Å². The zero-order chi connectivity index (χ0) is 16.1. The average molecular weight is 314 g/mol. The maximum Gasteiger partial charge on any atom is 0.226 e. The molecule has 0 bridgehead atoms. The van der Waals surface area contributed by atoms with Crippen LogP contribution < -0.4 is 16.0 Å². The Morgan fingerprint density at radius 1 is 1.22 bits per heavy atom. The van der Waals surface area contributed by atoms with Gasteiger partial charge in [-0.1, -0.05) is 18.6 Å². The van der Waals surface area contributed by atoms with Crippen LogP contribution in [-0.2, 0) is 11.3 Å². The molecule has 0 unspecified atom stereocenters. The Bertz CT molecular complexity index is 563. The van der Waals surface area contributed by atoms with Crippen molar-refractivity contribution in [2.24, 2.45) is 16.6 Å². The fourth-order valence-corrected chi connectivity index (χ4v) is 3.04. The predicted molar refractivity (Wildman–Crippen MR) is 93.3 cm³/mol. The lowest BCUT2D eigenvalue weighted by Gasteiger charge is -2.26. The molecule has 3 N–H and O–H groups in total. The van der Waals surface area contributed by atoms with Crippen molar-refractivity contribution in [2.75, 3.05) is 18.0 Å². The van der Waals surface area contributed by atoms with Crippen LogP contribution in [0.5, 0.6) is 0 Å². The molecule has 1 heterocycles. The van der Waals surface area contributed by atoms with Crippen molar-refractivity contribution >= 4 is 17.6 Å². The van der Waals surface area contributed by atoms with Gasteiger partial charge in [0.2, 0.25) is 5.91 Å². The SMILES string of the molecule is NC(=NCc1ccc(N2CCCCC2=O)cc1)NCC1CCC1. The number of rotatable bonds is 5. The Hall–Kier alpha value is -2.04. The molecule has 2 aliphatic rings. The minimum Gasteiger partial charge on any atom is -0.370 e. The van der Waals surface area contributed by atoms with Crippen LogP contribution in [0.2, 0.25) is 0 Å². The highest BCUT2D eigenvalue weighted by Crippen LogP contribution is 2.25. The number of aliphatic imine (C=N–C) groups is 1. The van der Waals surface area contributed by atoms with Crippen molar-refractivity contribution in [3.8, 4) is 0 Å². The summed E-state index contributed by atoms with van der Waals surface area (Å²) in [7, 11) is 0. The van der Waals surface area contributed by atoms with Crippen LogP contribution in [0.15, 0.2) is 29.3 Å². The first-order valence-electron chi connectivity index (χ1n) is 8.65. The first kappa shape index (κ1) is 15.8. The molecule has 5 nitrogen and oxygen atoms in total. The molecule has 3 rings (SSSR count). The molecule has 1 aliphatic carbocycles. The summed E-state index contributed by atoms with van der Waals surface area (Å²) in [6, 6.07) is 8.07. The lowest BCUT2D eigenvalue weighted by Crippen LogP contribution is -2.37. The van der Waals surface area contributed by atoms with Crippen molar-refractivity contribution in [1.82, 2.24) is 5.32 Å². The van der Waals surface area contributed by atoms with E-state index in [-0.39, 0.29) is 5.91 Å². The molecule has 1 aromatic rings. The minimum atomic E-state index is 0.228. The summed E-state index contributed by atoms with van der Waals surface area (Å²) in [6.45, 7) is 2.33. The molecule has 0 aromatic heterocycles. The molecular weight excluding hydrogens is 288 g/mol. The summed E-state index contributed by atoms with van der Waals surface area (Å²) in [5, 5.41) is 3.20. The number of guanidine groups is 1. The van der Waals surface area contributed by atoms with Crippen molar-refractivity contribution < 1.29 is 4.79 Å². The molecule has 124 valence electrons. The molecular formula is C18H26N4O. The Morgan fingerprint density at radius 2 is 2.00 bits per heavy atom. The first-order valence-corrected chi connectivity index (χ1v) is 8.65. The van der Waals surface area contributed by atoms with Crippen LogP contribution in [0.1, 0.15) is 44.1 Å². The van der Waals surface area contributed by atoms with Gasteiger partial charge in [0.1, 0.15) is 0 Å². The van der Waals surface area contributed by atoms with E-state index >= 15 is 0 Å². The normalized spacial score (nSPS) is 19.6. The fourth-order valence-electron chi connectivity index (χ4n) is 3.04. The molecule has 1 saturated carbocycles. The van der Waals surface area contributed by atoms with Crippen LogP contribution >= 0.6 is 0 Å². The molecule has 2 fully saturated rings. The van der Waals surface area contributed by atoms with Gasteiger partial charge in [-0.25, -0.2) is 4.99 Å². The predicted octanol–water partition coefficient (Wildman–Crippen LogP) is 2.41. The topological polar surface area (TPSA) is 70.7 Å². The van der Waals surface area contributed by atoms with Crippen LogP contribution in [0, 0.1) is 5.92 Å². The fraction of sp³-hybridized carbons (Fsp3) is 0.556. The molecule has 1 aliphatic heterocycles. The van der Waals surface area contributed by atoms with Gasteiger partial charge >= 0.3 is 0 Å². The van der Waals surface area contributed by atoms with E-state index in [2.05, 4.69) is 10.3 Å². The molecule has 1 amide bonds. The average Bonchev–Trinajstić information content (AvgIpc) is 2.52. The highest BCUT2D eigenvalue weighted by molar-refractivity contribution is 5.93. The van der Waals surface area contributed by atoms with Gasteiger partial charge in [0.05, 0.1) is 6.54 Å². The number of amides is 1. The maximum absolute atomic E-state index is 11.9. The maximum atomic E-state index is 11.9. The summed E-state index contributed by atoms with van der Waals surface area (Å²) in [6.07, 6.45) is 6.70. The number of benzene rings is 1. The largest absolute Gasteiger partial charge is 0.370 e. The minimum absolute atomic E-state index is 0.228. The molecule has 5 heteroatoms. The van der Waals surface area contributed by atoms with Gasteiger partial charge in [0.15, 0.2) is 5.96 Å². The molecule has 0 spiro atoms. The van der Waals surface area contributed by atoms with Gasteiger partial charge in [-0.3, -0.25) is 4.79 Å². The first-order chi connectivity index (χ1) is 11.2. The number of nitrogens with zero attached hydrogens (tertiary/aromatic N) is 2. The van der Waals surface area contributed by atoms with Crippen LogP contribution in [0.25, 0.3) is 0 Å². The molecule has 1 aromatic carbocycles. The van der Waals surface area contributed by atoms with Crippen LogP contribution in [-0.4, -0.2) is 25.0 Å². The Balaban J connectivity index is 1.51. The van der Waals surface area contributed by atoms with Crippen LogP contribution in [0.3, 0.4) is 0 Å². The van der Waals surface area contributed by atoms with E-state index in [9.17, 15) is 4.79 Å². The summed E-state index contributed by atoms with van der Waals surface area (Å²) < 4.78 is 0. The van der Waals surface area contributed by atoms with E-state index < -0.39 is 0 Å². The third kappa shape index (κ3) is 4.24. The lowest BCUT2D eigenvalue weighted by molar-refractivity contribution is -0.119. The highest BCUT2D eigenvalue weighted by Gasteiger charge is 2.19. The second-order valence-corrected chi connectivity index (χ2v) is 6.55. The third-order valence-corrected chi connectivity index (χ3v) is 4.80. The van der Waals surface area contributed by atoms with Gasteiger partial charge in [0.25, 0.3) is 0 Å². The van der Waals surface area contributed by atoms with Gasteiger partial charge in [-0.05, 0) is 49.3 Å². The number of carbonyl (C=O) groups is 1. The monoisotopic (exact) mass is 314 g/mol. The zero-order valence-electron chi connectivity index (χ0n) is 13.6. The van der Waals surface area contributed by atoms with E-state index in [1.54, 1.807) is 0 Å². The van der Waals surface area contributed by atoms with Crippen molar-refractivity contribution in [3.63, 3.8) is 0 Å². The van der Waals surface area contributed by atoms with Gasteiger partial charge < -0.3 is 16.0 Å². The summed E-state index contributed by atoms with van der Waals surface area (Å²) in [5.74, 6) is 1.52. The van der Waals surface area contributed by atoms with E-state index in [1.807, 2.05) is 29.2 Å².